The number of carboxylic acids is 1. The highest BCUT2D eigenvalue weighted by Crippen LogP contribution is 2.26. The molecule has 1 N–H and O–H groups in total. The summed E-state index contributed by atoms with van der Waals surface area (Å²) in [6.45, 7) is 10.7. The van der Waals surface area contributed by atoms with E-state index in [2.05, 4.69) is 25.7 Å². The zero-order valence-corrected chi connectivity index (χ0v) is 13.1. The van der Waals surface area contributed by atoms with Crippen molar-refractivity contribution in [2.75, 3.05) is 19.6 Å². The van der Waals surface area contributed by atoms with Gasteiger partial charge in [0.1, 0.15) is 5.41 Å². The molecule has 0 aliphatic heterocycles. The molecule has 0 saturated heterocycles. The van der Waals surface area contributed by atoms with E-state index in [4.69, 9.17) is 0 Å². The fourth-order valence-corrected chi connectivity index (χ4v) is 2.41. The molecule has 0 aliphatic rings. The normalized spacial score (nSPS) is 15.8. The first kappa shape index (κ1) is 16.7. The minimum Gasteiger partial charge on any atom is -0.481 e. The molecule has 112 valence electrons. The zero-order chi connectivity index (χ0) is 15.2. The number of benzene rings is 1. The molecule has 2 atom stereocenters. The predicted octanol–water partition coefficient (Wildman–Crippen LogP) is 3.40. The summed E-state index contributed by atoms with van der Waals surface area (Å²) >= 11 is 0. The lowest BCUT2D eigenvalue weighted by Crippen LogP contribution is -2.45. The molecule has 0 fully saturated rings. The maximum atomic E-state index is 11.8. The molecular weight excluding hydrogens is 250 g/mol. The second-order valence-electron chi connectivity index (χ2n) is 5.84. The van der Waals surface area contributed by atoms with Crippen LogP contribution in [0.25, 0.3) is 0 Å². The highest BCUT2D eigenvalue weighted by molar-refractivity contribution is 5.81. The van der Waals surface area contributed by atoms with Crippen molar-refractivity contribution in [2.24, 2.45) is 5.92 Å². The Labute approximate surface area is 122 Å². The molecular formula is C17H27NO2. The molecule has 1 rings (SSSR count). The van der Waals surface area contributed by atoms with Crippen LogP contribution in [0.1, 0.15) is 39.7 Å². The van der Waals surface area contributed by atoms with Gasteiger partial charge in [0, 0.05) is 13.1 Å². The number of rotatable bonds is 8. The quantitative estimate of drug-likeness (QED) is 0.791. The summed E-state index contributed by atoms with van der Waals surface area (Å²) in [5.74, 6) is -0.171. The molecule has 0 aromatic heterocycles. The first-order valence-electron chi connectivity index (χ1n) is 7.45. The van der Waals surface area contributed by atoms with E-state index in [-0.39, 0.29) is 0 Å². The second kappa shape index (κ2) is 7.44. The summed E-state index contributed by atoms with van der Waals surface area (Å²) in [5.41, 5.74) is 0.0140. The van der Waals surface area contributed by atoms with Crippen molar-refractivity contribution in [2.45, 2.75) is 39.5 Å². The van der Waals surface area contributed by atoms with E-state index in [1.165, 1.54) is 0 Å². The van der Waals surface area contributed by atoms with Crippen molar-refractivity contribution >= 4 is 5.97 Å². The van der Waals surface area contributed by atoms with Gasteiger partial charge in [-0.15, -0.1) is 0 Å². The zero-order valence-electron chi connectivity index (χ0n) is 13.1. The summed E-state index contributed by atoms with van der Waals surface area (Å²) in [6.07, 6.45) is 1.12. The van der Waals surface area contributed by atoms with E-state index >= 15 is 0 Å². The minimum atomic E-state index is -0.856. The average Bonchev–Trinajstić information content (AvgIpc) is 2.46. The number of nitrogens with zero attached hydrogens (tertiary/aromatic N) is 1. The van der Waals surface area contributed by atoms with Gasteiger partial charge in [-0.3, -0.25) is 4.79 Å². The number of likely N-dealkylation sites (N-methyl/N-ethyl adjacent to an activating group) is 1. The third-order valence-electron chi connectivity index (χ3n) is 4.14. The third kappa shape index (κ3) is 4.07. The Balaban J connectivity index is 2.94. The Morgan fingerprint density at radius 2 is 1.90 bits per heavy atom. The fourth-order valence-electron chi connectivity index (χ4n) is 2.41. The van der Waals surface area contributed by atoms with Crippen LogP contribution in [0, 0.1) is 5.92 Å². The van der Waals surface area contributed by atoms with Gasteiger partial charge in [-0.2, -0.15) is 0 Å². The van der Waals surface area contributed by atoms with Gasteiger partial charge < -0.3 is 10.0 Å². The van der Waals surface area contributed by atoms with Crippen LogP contribution in [0.5, 0.6) is 0 Å². The maximum Gasteiger partial charge on any atom is 0.315 e. The van der Waals surface area contributed by atoms with Crippen molar-refractivity contribution in [3.05, 3.63) is 35.9 Å². The molecule has 2 unspecified atom stereocenters. The van der Waals surface area contributed by atoms with E-state index < -0.39 is 11.4 Å². The summed E-state index contributed by atoms with van der Waals surface area (Å²) < 4.78 is 0. The fraction of sp³-hybridized carbons (Fsp3) is 0.588. The van der Waals surface area contributed by atoms with Crippen LogP contribution in [0.2, 0.25) is 0 Å². The van der Waals surface area contributed by atoms with E-state index in [1.54, 1.807) is 0 Å². The largest absolute Gasteiger partial charge is 0.481 e. The smallest absolute Gasteiger partial charge is 0.315 e. The summed E-state index contributed by atoms with van der Waals surface area (Å²) in [6, 6.07) is 9.54. The monoisotopic (exact) mass is 277 g/mol. The van der Waals surface area contributed by atoms with Crippen molar-refractivity contribution in [1.29, 1.82) is 0 Å². The van der Waals surface area contributed by atoms with Crippen molar-refractivity contribution < 1.29 is 9.90 Å². The van der Waals surface area contributed by atoms with Crippen molar-refractivity contribution in [1.82, 2.24) is 4.90 Å². The van der Waals surface area contributed by atoms with Gasteiger partial charge in [0.2, 0.25) is 0 Å². The standard InChI is InChI=1S/C17H27NO2/c1-5-14(3)12-18(6-2)13-17(4,16(19)20)15-10-8-7-9-11-15/h7-11,14H,5-6,12-13H2,1-4H3,(H,19,20). The molecule has 20 heavy (non-hydrogen) atoms. The molecule has 0 heterocycles. The molecule has 0 aliphatic carbocycles. The van der Waals surface area contributed by atoms with Gasteiger partial charge >= 0.3 is 5.97 Å². The van der Waals surface area contributed by atoms with Gasteiger partial charge in [0.25, 0.3) is 0 Å². The Morgan fingerprint density at radius 1 is 1.30 bits per heavy atom. The van der Waals surface area contributed by atoms with Gasteiger partial charge in [-0.1, -0.05) is 57.5 Å². The van der Waals surface area contributed by atoms with Crippen LogP contribution in [-0.2, 0) is 10.2 Å². The maximum absolute atomic E-state index is 11.8. The number of carboxylic acid groups (broad SMARTS) is 1. The van der Waals surface area contributed by atoms with E-state index in [0.29, 0.717) is 12.5 Å². The molecule has 1 aromatic carbocycles. The number of aliphatic carboxylic acids is 1. The average molecular weight is 277 g/mol. The van der Waals surface area contributed by atoms with Crippen molar-refractivity contribution in [3.8, 4) is 0 Å². The summed E-state index contributed by atoms with van der Waals surface area (Å²) in [4.78, 5) is 14.0. The lowest BCUT2D eigenvalue weighted by atomic mass is 9.81. The third-order valence-corrected chi connectivity index (χ3v) is 4.14. The van der Waals surface area contributed by atoms with Crippen LogP contribution in [-0.4, -0.2) is 35.6 Å². The van der Waals surface area contributed by atoms with Crippen LogP contribution >= 0.6 is 0 Å². The minimum absolute atomic E-state index is 0.549. The number of hydrogen-bond donors (Lipinski definition) is 1. The SMILES string of the molecule is CCC(C)CN(CC)CC(C)(C(=O)O)c1ccccc1. The lowest BCUT2D eigenvalue weighted by molar-refractivity contribution is -0.144. The molecule has 0 spiro atoms. The lowest BCUT2D eigenvalue weighted by Gasteiger charge is -2.33. The topological polar surface area (TPSA) is 40.5 Å². The summed E-state index contributed by atoms with van der Waals surface area (Å²) in [5, 5.41) is 9.70. The Hall–Kier alpha value is -1.35. The van der Waals surface area contributed by atoms with Crippen LogP contribution < -0.4 is 0 Å². The second-order valence-corrected chi connectivity index (χ2v) is 5.84. The molecule has 0 radical (unpaired) electrons. The first-order chi connectivity index (χ1) is 9.43. The van der Waals surface area contributed by atoms with E-state index in [1.807, 2.05) is 37.3 Å². The molecule has 0 amide bonds. The van der Waals surface area contributed by atoms with E-state index in [9.17, 15) is 9.90 Å². The Bertz CT molecular complexity index is 418. The molecule has 0 bridgehead atoms. The Kier molecular flexibility index (Phi) is 6.21. The highest BCUT2D eigenvalue weighted by atomic mass is 16.4. The van der Waals surface area contributed by atoms with Crippen LogP contribution in [0.3, 0.4) is 0 Å². The first-order valence-corrected chi connectivity index (χ1v) is 7.45. The van der Waals surface area contributed by atoms with Crippen LogP contribution in [0.4, 0.5) is 0 Å². The number of carbonyl (C=O) groups is 1. The molecule has 3 heteroatoms. The molecule has 0 saturated carbocycles. The van der Waals surface area contributed by atoms with Crippen molar-refractivity contribution in [3.63, 3.8) is 0 Å². The van der Waals surface area contributed by atoms with E-state index in [0.717, 1.165) is 25.1 Å². The summed E-state index contributed by atoms with van der Waals surface area (Å²) in [7, 11) is 0. The molecule has 1 aromatic rings. The van der Waals surface area contributed by atoms with Gasteiger partial charge in [0.05, 0.1) is 0 Å². The van der Waals surface area contributed by atoms with Gasteiger partial charge in [-0.25, -0.2) is 0 Å². The Morgan fingerprint density at radius 3 is 2.35 bits per heavy atom. The van der Waals surface area contributed by atoms with Gasteiger partial charge in [0.15, 0.2) is 0 Å². The molecule has 3 nitrogen and oxygen atoms in total. The van der Waals surface area contributed by atoms with Crippen LogP contribution in [0.15, 0.2) is 30.3 Å². The van der Waals surface area contributed by atoms with Gasteiger partial charge in [-0.05, 0) is 24.9 Å². The predicted molar refractivity (Wildman–Crippen MR) is 83.0 cm³/mol. The highest BCUT2D eigenvalue weighted by Gasteiger charge is 2.36. The number of hydrogen-bond acceptors (Lipinski definition) is 2.